The quantitative estimate of drug-likeness (QED) is 0.461. The number of esters is 1. The molecule has 2 aliphatic carbocycles. The number of Topliss-reactive ketones (excluding diaryl/α,β-unsaturated/α-hetero) is 1. The highest BCUT2D eigenvalue weighted by Gasteiger charge is 2.26. The molecule has 0 spiro atoms. The Labute approximate surface area is 163 Å². The number of benzene rings is 1. The normalized spacial score (nSPS) is 28.5. The number of hydrogen-bond donors (Lipinski definition) is 0. The van der Waals surface area contributed by atoms with Crippen molar-refractivity contribution in [1.82, 2.24) is 0 Å². The van der Waals surface area contributed by atoms with Gasteiger partial charge in [-0.3, -0.25) is 9.59 Å². The summed E-state index contributed by atoms with van der Waals surface area (Å²) < 4.78 is 5.32. The van der Waals surface area contributed by atoms with Crippen LogP contribution in [-0.2, 0) is 9.53 Å². The first-order chi connectivity index (χ1) is 13.1. The van der Waals surface area contributed by atoms with Gasteiger partial charge < -0.3 is 4.74 Å². The van der Waals surface area contributed by atoms with E-state index in [-0.39, 0.29) is 24.3 Å². The van der Waals surface area contributed by atoms with Crippen molar-refractivity contribution in [2.75, 3.05) is 6.61 Å². The molecule has 2 saturated carbocycles. The molecule has 0 atom stereocenters. The van der Waals surface area contributed by atoms with Crippen LogP contribution in [0.5, 0.6) is 0 Å². The second-order valence-corrected chi connectivity index (χ2v) is 8.74. The lowest BCUT2D eigenvalue weighted by atomic mass is 9.78. The van der Waals surface area contributed by atoms with Gasteiger partial charge in [-0.1, -0.05) is 44.5 Å². The third-order valence-electron chi connectivity index (χ3n) is 6.82. The molecule has 0 aliphatic heterocycles. The van der Waals surface area contributed by atoms with Crippen molar-refractivity contribution in [3.63, 3.8) is 0 Å². The standard InChI is InChI=1S/C24H34O3/c1-3-18-6-10-19(11-7-18)20-12-14-21(15-13-20)23(25)16-27-24(26)22-8-4-17(2)5-9-22/h12-15,17-19,22H,3-11,16H2,1-2H3. The van der Waals surface area contributed by atoms with Crippen LogP contribution in [0.2, 0.25) is 0 Å². The van der Waals surface area contributed by atoms with Crippen molar-refractivity contribution >= 4 is 11.8 Å². The summed E-state index contributed by atoms with van der Waals surface area (Å²) in [5.41, 5.74) is 1.99. The molecule has 0 bridgehead atoms. The van der Waals surface area contributed by atoms with E-state index in [1.165, 1.54) is 37.7 Å². The molecular weight excluding hydrogens is 336 g/mol. The van der Waals surface area contributed by atoms with Gasteiger partial charge in [-0.15, -0.1) is 0 Å². The lowest BCUT2D eigenvalue weighted by Gasteiger charge is -2.28. The van der Waals surface area contributed by atoms with Gasteiger partial charge in [0, 0.05) is 5.56 Å². The van der Waals surface area contributed by atoms with Crippen LogP contribution in [0.25, 0.3) is 0 Å². The summed E-state index contributed by atoms with van der Waals surface area (Å²) in [6, 6.07) is 7.99. The summed E-state index contributed by atoms with van der Waals surface area (Å²) in [4.78, 5) is 24.6. The van der Waals surface area contributed by atoms with E-state index in [1.807, 2.05) is 12.1 Å². The van der Waals surface area contributed by atoms with Crippen molar-refractivity contribution in [3.8, 4) is 0 Å². The smallest absolute Gasteiger partial charge is 0.309 e. The molecule has 0 unspecified atom stereocenters. The molecule has 0 heterocycles. The first-order valence-electron chi connectivity index (χ1n) is 10.9. The van der Waals surface area contributed by atoms with Gasteiger partial charge in [0.2, 0.25) is 0 Å². The summed E-state index contributed by atoms with van der Waals surface area (Å²) in [6.45, 7) is 4.38. The van der Waals surface area contributed by atoms with Gasteiger partial charge >= 0.3 is 5.97 Å². The van der Waals surface area contributed by atoms with Crippen molar-refractivity contribution < 1.29 is 14.3 Å². The van der Waals surface area contributed by atoms with Gasteiger partial charge in [0.05, 0.1) is 5.92 Å². The highest BCUT2D eigenvalue weighted by molar-refractivity contribution is 5.98. The van der Waals surface area contributed by atoms with Gasteiger partial charge in [0.15, 0.2) is 12.4 Å². The molecule has 27 heavy (non-hydrogen) atoms. The minimum Gasteiger partial charge on any atom is -0.457 e. The van der Waals surface area contributed by atoms with E-state index >= 15 is 0 Å². The molecule has 2 fully saturated rings. The van der Waals surface area contributed by atoms with Gasteiger partial charge in [0.25, 0.3) is 0 Å². The second kappa shape index (κ2) is 9.52. The molecule has 1 aromatic rings. The second-order valence-electron chi connectivity index (χ2n) is 8.74. The van der Waals surface area contributed by atoms with E-state index in [4.69, 9.17) is 4.74 Å². The fourth-order valence-corrected chi connectivity index (χ4v) is 4.68. The predicted molar refractivity (Wildman–Crippen MR) is 108 cm³/mol. The Morgan fingerprint density at radius 3 is 2.15 bits per heavy atom. The Morgan fingerprint density at radius 1 is 0.926 bits per heavy atom. The van der Waals surface area contributed by atoms with E-state index < -0.39 is 0 Å². The molecule has 1 aromatic carbocycles. The average Bonchev–Trinajstić information content (AvgIpc) is 2.72. The van der Waals surface area contributed by atoms with Crippen LogP contribution < -0.4 is 0 Å². The Hall–Kier alpha value is -1.64. The number of rotatable bonds is 6. The largest absolute Gasteiger partial charge is 0.457 e. The van der Waals surface area contributed by atoms with Crippen LogP contribution in [0.15, 0.2) is 24.3 Å². The molecular formula is C24H34O3. The van der Waals surface area contributed by atoms with Crippen LogP contribution in [0.3, 0.4) is 0 Å². The maximum Gasteiger partial charge on any atom is 0.309 e. The highest BCUT2D eigenvalue weighted by Crippen LogP contribution is 2.37. The average molecular weight is 371 g/mol. The number of hydrogen-bond acceptors (Lipinski definition) is 3. The number of carbonyl (C=O) groups is 2. The molecule has 0 saturated heterocycles. The van der Waals surface area contributed by atoms with Crippen LogP contribution >= 0.6 is 0 Å². The molecule has 0 aromatic heterocycles. The van der Waals surface area contributed by atoms with Crippen molar-refractivity contribution in [3.05, 3.63) is 35.4 Å². The third kappa shape index (κ3) is 5.43. The SMILES string of the molecule is CCC1CCC(c2ccc(C(=O)COC(=O)C3CCC(C)CC3)cc2)CC1. The number of ether oxygens (including phenoxy) is 1. The van der Waals surface area contributed by atoms with E-state index in [0.717, 1.165) is 31.6 Å². The Morgan fingerprint density at radius 2 is 1.56 bits per heavy atom. The zero-order valence-corrected chi connectivity index (χ0v) is 16.9. The molecule has 3 heteroatoms. The van der Waals surface area contributed by atoms with Crippen molar-refractivity contribution in [2.24, 2.45) is 17.8 Å². The zero-order chi connectivity index (χ0) is 19.2. The van der Waals surface area contributed by atoms with Crippen LogP contribution in [0.1, 0.15) is 93.5 Å². The lowest BCUT2D eigenvalue weighted by Crippen LogP contribution is -2.25. The number of carbonyl (C=O) groups excluding carboxylic acids is 2. The van der Waals surface area contributed by atoms with Gasteiger partial charge in [-0.2, -0.15) is 0 Å². The zero-order valence-electron chi connectivity index (χ0n) is 16.9. The topological polar surface area (TPSA) is 43.4 Å². The minimum absolute atomic E-state index is 0.0189. The van der Waals surface area contributed by atoms with Crippen LogP contribution in [0.4, 0.5) is 0 Å². The summed E-state index contributed by atoms with van der Waals surface area (Å²) in [6.07, 6.45) is 10.4. The van der Waals surface area contributed by atoms with E-state index in [2.05, 4.69) is 26.0 Å². The summed E-state index contributed by atoms with van der Waals surface area (Å²) in [7, 11) is 0. The van der Waals surface area contributed by atoms with Crippen molar-refractivity contribution in [2.45, 2.75) is 77.6 Å². The summed E-state index contributed by atoms with van der Waals surface area (Å²) in [5.74, 6) is 1.90. The summed E-state index contributed by atoms with van der Waals surface area (Å²) >= 11 is 0. The van der Waals surface area contributed by atoms with Gasteiger partial charge in [-0.05, 0) is 74.7 Å². The molecule has 148 valence electrons. The molecule has 3 rings (SSSR count). The Bertz CT molecular complexity index is 618. The lowest BCUT2D eigenvalue weighted by molar-refractivity contribution is -0.148. The molecule has 0 N–H and O–H groups in total. The van der Waals surface area contributed by atoms with E-state index in [9.17, 15) is 9.59 Å². The van der Waals surface area contributed by atoms with E-state index in [1.54, 1.807) is 0 Å². The fourth-order valence-electron chi connectivity index (χ4n) is 4.68. The Kier molecular flexibility index (Phi) is 7.09. The maximum atomic E-state index is 12.4. The van der Waals surface area contributed by atoms with Crippen molar-refractivity contribution in [1.29, 1.82) is 0 Å². The molecule has 2 aliphatic rings. The molecule has 3 nitrogen and oxygen atoms in total. The molecule has 0 radical (unpaired) electrons. The van der Waals surface area contributed by atoms with E-state index in [0.29, 0.717) is 17.4 Å². The predicted octanol–water partition coefficient (Wildman–Crippen LogP) is 5.92. The minimum atomic E-state index is -0.195. The third-order valence-corrected chi connectivity index (χ3v) is 6.82. The summed E-state index contributed by atoms with van der Waals surface area (Å²) in [5, 5.41) is 0. The monoisotopic (exact) mass is 370 g/mol. The first kappa shape index (κ1) is 20.1. The van der Waals surface area contributed by atoms with Gasteiger partial charge in [-0.25, -0.2) is 0 Å². The highest BCUT2D eigenvalue weighted by atomic mass is 16.5. The van der Waals surface area contributed by atoms with Crippen LogP contribution in [0, 0.1) is 17.8 Å². The van der Waals surface area contributed by atoms with Gasteiger partial charge in [0.1, 0.15) is 0 Å². The van der Waals surface area contributed by atoms with Crippen LogP contribution in [-0.4, -0.2) is 18.4 Å². The molecule has 0 amide bonds. The fraction of sp³-hybridized carbons (Fsp3) is 0.667. The number of ketones is 1. The first-order valence-corrected chi connectivity index (χ1v) is 10.9. The Balaban J connectivity index is 1.47. The maximum absolute atomic E-state index is 12.4.